The fraction of sp³-hybridized carbons (Fsp3) is 0.857. The van der Waals surface area contributed by atoms with E-state index >= 15 is 0 Å². The number of rotatable bonds is 2. The molecule has 2 N–H and O–H groups in total. The minimum atomic E-state index is 0.347. The van der Waals surface area contributed by atoms with Crippen LogP contribution in [0.2, 0.25) is 0 Å². The van der Waals surface area contributed by atoms with Gasteiger partial charge in [-0.25, -0.2) is 0 Å². The molecule has 0 unspecified atom stereocenters. The van der Waals surface area contributed by atoms with E-state index in [0.717, 1.165) is 13.0 Å². The first-order valence-electron chi connectivity index (χ1n) is 3.11. The third-order valence-electron chi connectivity index (χ3n) is 0.923. The Morgan fingerprint density at radius 1 is 1.38 bits per heavy atom. The van der Waals surface area contributed by atoms with Crippen molar-refractivity contribution in [2.75, 3.05) is 6.54 Å². The largest absolute Gasteiger partial charge is 0.330 e. The second-order valence-electron chi connectivity index (χ2n) is 3.15. The van der Waals surface area contributed by atoms with E-state index in [9.17, 15) is 0 Å². The van der Waals surface area contributed by atoms with Crippen LogP contribution in [0.5, 0.6) is 0 Å². The second kappa shape index (κ2) is 3.08. The summed E-state index contributed by atoms with van der Waals surface area (Å²) in [5.74, 6) is 0. The van der Waals surface area contributed by atoms with Gasteiger partial charge in [0.2, 0.25) is 0 Å². The number of hydrogen-bond acceptors (Lipinski definition) is 1. The van der Waals surface area contributed by atoms with Crippen LogP contribution in [0.3, 0.4) is 0 Å². The van der Waals surface area contributed by atoms with Crippen LogP contribution < -0.4 is 5.73 Å². The summed E-state index contributed by atoms with van der Waals surface area (Å²) in [6, 6.07) is 0. The third kappa shape index (κ3) is 5.96. The molecule has 0 heterocycles. The molecule has 0 spiro atoms. The molecule has 1 nitrogen and oxygen atoms in total. The zero-order valence-corrected chi connectivity index (χ0v) is 6.07. The van der Waals surface area contributed by atoms with Gasteiger partial charge in [-0.2, -0.15) is 0 Å². The van der Waals surface area contributed by atoms with Gasteiger partial charge in [0, 0.05) is 0 Å². The summed E-state index contributed by atoms with van der Waals surface area (Å²) in [5.41, 5.74) is 5.65. The van der Waals surface area contributed by atoms with Gasteiger partial charge in [0.25, 0.3) is 0 Å². The predicted octanol–water partition coefficient (Wildman–Crippen LogP) is 1.59. The van der Waals surface area contributed by atoms with Gasteiger partial charge in [-0.05, 0) is 24.8 Å². The highest BCUT2D eigenvalue weighted by Crippen LogP contribution is 2.18. The molecule has 0 atom stereocenters. The Balaban J connectivity index is 3.11. The van der Waals surface area contributed by atoms with E-state index in [-0.39, 0.29) is 0 Å². The topological polar surface area (TPSA) is 26.0 Å². The van der Waals surface area contributed by atoms with Gasteiger partial charge in [-0.1, -0.05) is 20.8 Å². The Morgan fingerprint density at radius 2 is 1.88 bits per heavy atom. The molecular weight excluding hydrogens is 98.1 g/mol. The normalized spacial score (nSPS) is 12.0. The standard InChI is InChI=1S/C7H16N/c1-7(2,3)5-4-6-8/h5H,4,6,8H2,1-3H3. The van der Waals surface area contributed by atoms with Crippen molar-refractivity contribution in [3.05, 3.63) is 6.42 Å². The highest BCUT2D eigenvalue weighted by atomic mass is 14.5. The molecule has 0 saturated heterocycles. The lowest BCUT2D eigenvalue weighted by molar-refractivity contribution is 0.475. The van der Waals surface area contributed by atoms with E-state index in [4.69, 9.17) is 5.73 Å². The summed E-state index contributed by atoms with van der Waals surface area (Å²) in [6.45, 7) is 7.32. The predicted molar refractivity (Wildman–Crippen MR) is 37.4 cm³/mol. The third-order valence-corrected chi connectivity index (χ3v) is 0.923. The molecule has 0 aliphatic carbocycles. The average molecular weight is 114 g/mol. The van der Waals surface area contributed by atoms with Gasteiger partial charge in [0.1, 0.15) is 0 Å². The van der Waals surface area contributed by atoms with Gasteiger partial charge in [-0.3, -0.25) is 0 Å². The molecule has 0 bridgehead atoms. The zero-order valence-electron chi connectivity index (χ0n) is 6.07. The summed E-state index contributed by atoms with van der Waals surface area (Å²) < 4.78 is 0. The quantitative estimate of drug-likeness (QED) is 0.579. The Kier molecular flexibility index (Phi) is 3.06. The number of hydrogen-bond donors (Lipinski definition) is 1. The Morgan fingerprint density at radius 3 is 2.00 bits per heavy atom. The highest BCUT2D eigenvalue weighted by molar-refractivity contribution is 4.80. The Bertz CT molecular complexity index is 51.9. The van der Waals surface area contributed by atoms with Crippen molar-refractivity contribution < 1.29 is 0 Å². The molecular formula is C7H16N. The van der Waals surface area contributed by atoms with E-state index in [2.05, 4.69) is 27.2 Å². The van der Waals surface area contributed by atoms with Gasteiger partial charge < -0.3 is 5.73 Å². The summed E-state index contributed by atoms with van der Waals surface area (Å²) in [6.07, 6.45) is 3.27. The lowest BCUT2D eigenvalue weighted by Crippen LogP contribution is -2.09. The van der Waals surface area contributed by atoms with Gasteiger partial charge in [-0.15, -0.1) is 0 Å². The Labute approximate surface area is 52.3 Å². The molecule has 0 aromatic carbocycles. The summed E-state index contributed by atoms with van der Waals surface area (Å²) >= 11 is 0. The maximum absolute atomic E-state index is 5.30. The summed E-state index contributed by atoms with van der Waals surface area (Å²) in [4.78, 5) is 0. The van der Waals surface area contributed by atoms with Crippen molar-refractivity contribution in [1.82, 2.24) is 0 Å². The molecule has 1 radical (unpaired) electrons. The maximum atomic E-state index is 5.30. The van der Waals surface area contributed by atoms with Crippen LogP contribution >= 0.6 is 0 Å². The van der Waals surface area contributed by atoms with Crippen LogP contribution in [-0.4, -0.2) is 6.54 Å². The van der Waals surface area contributed by atoms with Crippen molar-refractivity contribution in [1.29, 1.82) is 0 Å². The monoisotopic (exact) mass is 114 g/mol. The van der Waals surface area contributed by atoms with Crippen molar-refractivity contribution >= 4 is 0 Å². The van der Waals surface area contributed by atoms with Crippen molar-refractivity contribution in [3.63, 3.8) is 0 Å². The van der Waals surface area contributed by atoms with Crippen LogP contribution in [0.25, 0.3) is 0 Å². The van der Waals surface area contributed by atoms with Gasteiger partial charge >= 0.3 is 0 Å². The molecule has 0 aliphatic heterocycles. The van der Waals surface area contributed by atoms with Crippen LogP contribution in [0, 0.1) is 11.8 Å². The molecule has 49 valence electrons. The molecule has 8 heavy (non-hydrogen) atoms. The zero-order chi connectivity index (χ0) is 6.62. The summed E-state index contributed by atoms with van der Waals surface area (Å²) in [7, 11) is 0. The van der Waals surface area contributed by atoms with Crippen LogP contribution in [0.15, 0.2) is 0 Å². The Hall–Kier alpha value is -0.0400. The van der Waals surface area contributed by atoms with Crippen molar-refractivity contribution in [2.24, 2.45) is 11.1 Å². The average Bonchev–Trinajstić information content (AvgIpc) is 1.59. The molecule has 0 aliphatic rings. The van der Waals surface area contributed by atoms with E-state index in [1.54, 1.807) is 0 Å². The first-order chi connectivity index (χ1) is 3.56. The van der Waals surface area contributed by atoms with E-state index < -0.39 is 0 Å². The molecule has 0 aromatic rings. The first-order valence-corrected chi connectivity index (χ1v) is 3.11. The maximum Gasteiger partial charge on any atom is -0.00743 e. The highest BCUT2D eigenvalue weighted by Gasteiger charge is 2.07. The summed E-state index contributed by atoms with van der Waals surface area (Å²) in [5, 5.41) is 0. The van der Waals surface area contributed by atoms with Gasteiger partial charge in [0.15, 0.2) is 0 Å². The fourth-order valence-corrected chi connectivity index (χ4v) is 0.516. The molecule has 0 aromatic heterocycles. The fourth-order valence-electron chi connectivity index (χ4n) is 0.516. The molecule has 0 rings (SSSR count). The molecule has 0 amide bonds. The number of nitrogens with two attached hydrogens (primary N) is 1. The minimum absolute atomic E-state index is 0.347. The molecule has 0 fully saturated rings. The van der Waals surface area contributed by atoms with Gasteiger partial charge in [0.05, 0.1) is 0 Å². The van der Waals surface area contributed by atoms with E-state index in [1.165, 1.54) is 0 Å². The molecule has 1 heteroatoms. The van der Waals surface area contributed by atoms with Crippen molar-refractivity contribution in [2.45, 2.75) is 27.2 Å². The second-order valence-corrected chi connectivity index (χ2v) is 3.15. The van der Waals surface area contributed by atoms with Crippen LogP contribution in [0.4, 0.5) is 0 Å². The van der Waals surface area contributed by atoms with E-state index in [1.807, 2.05) is 0 Å². The van der Waals surface area contributed by atoms with Crippen LogP contribution in [-0.2, 0) is 0 Å². The SMILES string of the molecule is CC(C)(C)[CH]CCN. The first kappa shape index (κ1) is 7.96. The minimum Gasteiger partial charge on any atom is -0.330 e. The lowest BCUT2D eigenvalue weighted by Gasteiger charge is -2.15. The van der Waals surface area contributed by atoms with E-state index in [0.29, 0.717) is 5.41 Å². The molecule has 0 saturated carbocycles. The van der Waals surface area contributed by atoms with Crippen LogP contribution in [0.1, 0.15) is 27.2 Å². The smallest absolute Gasteiger partial charge is 0.00743 e. The lowest BCUT2D eigenvalue weighted by atomic mass is 9.91. The van der Waals surface area contributed by atoms with Crippen molar-refractivity contribution in [3.8, 4) is 0 Å².